The summed E-state index contributed by atoms with van der Waals surface area (Å²) in [4.78, 5) is 17.1. The van der Waals surface area contributed by atoms with Gasteiger partial charge in [0.1, 0.15) is 0 Å². The van der Waals surface area contributed by atoms with E-state index in [2.05, 4.69) is 20.6 Å². The third-order valence-corrected chi connectivity index (χ3v) is 4.28. The van der Waals surface area contributed by atoms with Crippen molar-refractivity contribution < 1.29 is 4.79 Å². The number of carbonyl (C=O) groups is 1. The van der Waals surface area contributed by atoms with Gasteiger partial charge >= 0.3 is 0 Å². The number of rotatable bonds is 3. The number of amides is 1. The zero-order chi connectivity index (χ0) is 18.1. The smallest absolute Gasteiger partial charge is 0.278 e. The molecule has 0 aliphatic carbocycles. The van der Waals surface area contributed by atoms with Crippen LogP contribution in [-0.2, 0) is 0 Å². The molecule has 0 unspecified atom stereocenters. The molecule has 0 aliphatic rings. The van der Waals surface area contributed by atoms with E-state index in [4.69, 9.17) is 11.6 Å². The number of nitrogens with one attached hydrogen (secondary N) is 1. The quantitative estimate of drug-likeness (QED) is 0.596. The molecule has 0 fully saturated rings. The average molecular weight is 364 g/mol. The molecule has 128 valence electrons. The van der Waals surface area contributed by atoms with Crippen LogP contribution < -0.4 is 5.32 Å². The van der Waals surface area contributed by atoms with Crippen molar-refractivity contribution in [3.8, 4) is 5.69 Å². The SMILES string of the molecule is Cc1c(C(=O)Nc2cccc3cccnc23)nnn1-c1cccc(Cl)c1. The number of hydrogen-bond acceptors (Lipinski definition) is 4. The summed E-state index contributed by atoms with van der Waals surface area (Å²) in [5.74, 6) is -0.339. The predicted octanol–water partition coefficient (Wildman–Crippen LogP) is 4.03. The van der Waals surface area contributed by atoms with Crippen LogP contribution in [0.4, 0.5) is 5.69 Å². The highest BCUT2D eigenvalue weighted by molar-refractivity contribution is 6.30. The molecule has 26 heavy (non-hydrogen) atoms. The highest BCUT2D eigenvalue weighted by Crippen LogP contribution is 2.22. The van der Waals surface area contributed by atoms with Crippen molar-refractivity contribution in [2.75, 3.05) is 5.32 Å². The van der Waals surface area contributed by atoms with Gasteiger partial charge in [0, 0.05) is 16.6 Å². The van der Waals surface area contributed by atoms with Crippen molar-refractivity contribution in [1.82, 2.24) is 20.0 Å². The monoisotopic (exact) mass is 363 g/mol. The maximum atomic E-state index is 12.7. The van der Waals surface area contributed by atoms with Gasteiger partial charge in [-0.2, -0.15) is 0 Å². The molecule has 0 spiro atoms. The van der Waals surface area contributed by atoms with E-state index in [1.807, 2.05) is 42.5 Å². The van der Waals surface area contributed by atoms with Crippen LogP contribution in [0, 0.1) is 6.92 Å². The fraction of sp³-hybridized carbons (Fsp3) is 0.0526. The molecule has 0 bridgehead atoms. The molecular formula is C19H14ClN5O. The Kier molecular flexibility index (Phi) is 4.10. The second kappa shape index (κ2) is 6.57. The highest BCUT2D eigenvalue weighted by atomic mass is 35.5. The number of benzene rings is 2. The first-order chi connectivity index (χ1) is 12.6. The second-order valence-corrected chi connectivity index (χ2v) is 6.19. The first-order valence-corrected chi connectivity index (χ1v) is 8.34. The van der Waals surface area contributed by atoms with Gasteiger partial charge in [0.2, 0.25) is 0 Å². The van der Waals surface area contributed by atoms with Gasteiger partial charge in [-0.25, -0.2) is 4.68 Å². The van der Waals surface area contributed by atoms with E-state index in [1.165, 1.54) is 0 Å². The Morgan fingerprint density at radius 1 is 1.12 bits per heavy atom. The third-order valence-electron chi connectivity index (χ3n) is 4.04. The average Bonchev–Trinajstić information content (AvgIpc) is 3.03. The molecule has 7 heteroatoms. The molecule has 4 rings (SSSR count). The molecule has 0 aliphatic heterocycles. The minimum absolute atomic E-state index is 0.248. The van der Waals surface area contributed by atoms with Crippen LogP contribution in [0.1, 0.15) is 16.2 Å². The van der Waals surface area contributed by atoms with E-state index in [-0.39, 0.29) is 11.6 Å². The molecule has 2 heterocycles. The van der Waals surface area contributed by atoms with Crippen molar-refractivity contribution in [3.63, 3.8) is 0 Å². The van der Waals surface area contributed by atoms with Crippen LogP contribution in [-0.4, -0.2) is 25.9 Å². The van der Waals surface area contributed by atoms with Gasteiger partial charge in [0.25, 0.3) is 5.91 Å². The Hall–Kier alpha value is -3.25. The van der Waals surface area contributed by atoms with E-state index >= 15 is 0 Å². The summed E-state index contributed by atoms with van der Waals surface area (Å²) in [7, 11) is 0. The number of halogens is 1. The largest absolute Gasteiger partial charge is 0.319 e. The molecule has 0 radical (unpaired) electrons. The number of pyridine rings is 1. The molecule has 0 atom stereocenters. The third kappa shape index (κ3) is 2.91. The Balaban J connectivity index is 1.67. The Bertz CT molecular complexity index is 1120. The topological polar surface area (TPSA) is 72.7 Å². The van der Waals surface area contributed by atoms with E-state index in [0.717, 1.165) is 16.6 Å². The van der Waals surface area contributed by atoms with Crippen molar-refractivity contribution in [3.05, 3.63) is 77.2 Å². The van der Waals surface area contributed by atoms with Crippen LogP contribution in [0.5, 0.6) is 0 Å². The molecule has 1 amide bonds. The van der Waals surface area contributed by atoms with Gasteiger partial charge in [-0.05, 0) is 37.3 Å². The van der Waals surface area contributed by atoms with Gasteiger partial charge in [-0.3, -0.25) is 9.78 Å². The normalized spacial score (nSPS) is 10.8. The first kappa shape index (κ1) is 16.2. The predicted molar refractivity (Wildman–Crippen MR) is 101 cm³/mol. The molecule has 0 saturated heterocycles. The number of para-hydroxylation sites is 1. The summed E-state index contributed by atoms with van der Waals surface area (Å²) in [6, 6.07) is 16.6. The number of anilines is 1. The molecule has 2 aromatic heterocycles. The maximum Gasteiger partial charge on any atom is 0.278 e. The zero-order valence-electron chi connectivity index (χ0n) is 13.8. The second-order valence-electron chi connectivity index (χ2n) is 5.75. The first-order valence-electron chi connectivity index (χ1n) is 7.97. The summed E-state index contributed by atoms with van der Waals surface area (Å²) in [5, 5.41) is 12.5. The van der Waals surface area contributed by atoms with E-state index in [9.17, 15) is 4.79 Å². The Morgan fingerprint density at radius 2 is 1.92 bits per heavy atom. The summed E-state index contributed by atoms with van der Waals surface area (Å²) >= 11 is 6.03. The molecule has 4 aromatic rings. The molecular weight excluding hydrogens is 350 g/mol. The van der Waals surface area contributed by atoms with Crippen LogP contribution in [0.2, 0.25) is 5.02 Å². The van der Waals surface area contributed by atoms with Crippen LogP contribution in [0.25, 0.3) is 16.6 Å². The van der Waals surface area contributed by atoms with Gasteiger partial charge in [-0.1, -0.05) is 41.1 Å². The Morgan fingerprint density at radius 3 is 2.77 bits per heavy atom. The van der Waals surface area contributed by atoms with Crippen LogP contribution >= 0.6 is 11.6 Å². The summed E-state index contributed by atoms with van der Waals surface area (Å²) < 4.78 is 1.59. The van der Waals surface area contributed by atoms with Gasteiger partial charge < -0.3 is 5.32 Å². The maximum absolute atomic E-state index is 12.7. The van der Waals surface area contributed by atoms with Gasteiger partial charge in [-0.15, -0.1) is 5.10 Å². The zero-order valence-corrected chi connectivity index (χ0v) is 14.6. The van der Waals surface area contributed by atoms with Gasteiger partial charge in [0.05, 0.1) is 22.6 Å². The van der Waals surface area contributed by atoms with Crippen LogP contribution in [0.3, 0.4) is 0 Å². The Labute approximate surface area is 154 Å². The van der Waals surface area contributed by atoms with Crippen molar-refractivity contribution in [2.45, 2.75) is 6.92 Å². The lowest BCUT2D eigenvalue weighted by atomic mass is 10.2. The lowest BCUT2D eigenvalue weighted by Crippen LogP contribution is -2.14. The summed E-state index contributed by atoms with van der Waals surface area (Å²) in [6.45, 7) is 1.79. The fourth-order valence-electron chi connectivity index (χ4n) is 2.78. The molecule has 1 N–H and O–H groups in total. The number of hydrogen-bond donors (Lipinski definition) is 1. The fourth-order valence-corrected chi connectivity index (χ4v) is 2.96. The number of aromatic nitrogens is 4. The molecule has 2 aromatic carbocycles. The van der Waals surface area contributed by atoms with Crippen molar-refractivity contribution in [1.29, 1.82) is 0 Å². The minimum Gasteiger partial charge on any atom is -0.319 e. The molecule has 6 nitrogen and oxygen atoms in total. The van der Waals surface area contributed by atoms with Crippen molar-refractivity contribution in [2.24, 2.45) is 0 Å². The van der Waals surface area contributed by atoms with Crippen LogP contribution in [0.15, 0.2) is 60.8 Å². The number of carbonyl (C=O) groups excluding carboxylic acids is 1. The van der Waals surface area contributed by atoms with E-state index < -0.39 is 0 Å². The van der Waals surface area contributed by atoms with Gasteiger partial charge in [0.15, 0.2) is 5.69 Å². The highest BCUT2D eigenvalue weighted by Gasteiger charge is 2.18. The molecule has 0 saturated carbocycles. The summed E-state index contributed by atoms with van der Waals surface area (Å²) in [6.07, 6.45) is 1.69. The number of nitrogens with zero attached hydrogens (tertiary/aromatic N) is 4. The minimum atomic E-state index is -0.339. The lowest BCUT2D eigenvalue weighted by Gasteiger charge is -2.07. The number of fused-ring (bicyclic) bond motifs is 1. The standard InChI is InChI=1S/C19H14ClN5O/c1-12-17(23-24-25(12)15-8-3-7-14(20)11-15)19(26)22-16-9-2-5-13-6-4-10-21-18(13)16/h2-11H,1H3,(H,22,26). The summed E-state index contributed by atoms with van der Waals surface area (Å²) in [5.41, 5.74) is 2.97. The van der Waals surface area contributed by atoms with E-state index in [1.54, 1.807) is 29.9 Å². The lowest BCUT2D eigenvalue weighted by molar-refractivity contribution is 0.102. The van der Waals surface area contributed by atoms with Crippen molar-refractivity contribution >= 4 is 34.1 Å². The van der Waals surface area contributed by atoms with E-state index in [0.29, 0.717) is 16.4 Å².